The van der Waals surface area contributed by atoms with Crippen LogP contribution in [-0.2, 0) is 6.54 Å². The molecule has 0 amide bonds. The van der Waals surface area contributed by atoms with E-state index in [0.29, 0.717) is 12.2 Å². The molecule has 1 rings (SSSR count). The maximum Gasteiger partial charge on any atom is 0.142 e. The molecule has 0 fully saturated rings. The van der Waals surface area contributed by atoms with Crippen molar-refractivity contribution in [3.8, 4) is 0 Å². The third-order valence-electron chi connectivity index (χ3n) is 1.00. The molecule has 0 bridgehead atoms. The quantitative estimate of drug-likeness (QED) is 0.516. The number of thiazole rings is 1. The molecule has 0 radical (unpaired) electrons. The van der Waals surface area contributed by atoms with Gasteiger partial charge in [-0.15, -0.1) is 36.2 Å². The van der Waals surface area contributed by atoms with Gasteiger partial charge in [0.25, 0.3) is 0 Å². The van der Waals surface area contributed by atoms with Gasteiger partial charge >= 0.3 is 0 Å². The molecule has 7 heteroatoms. The number of nitrogen functional groups attached to an aromatic ring is 1. The summed E-state index contributed by atoms with van der Waals surface area (Å²) in [6.07, 6.45) is 0. The number of rotatable bonds is 2. The van der Waals surface area contributed by atoms with Gasteiger partial charge in [-0.1, -0.05) is 0 Å². The minimum absolute atomic E-state index is 0. The fourth-order valence-electron chi connectivity index (χ4n) is 0.528. The molecule has 1 aromatic heterocycles. The first kappa shape index (κ1) is 14.2. The Morgan fingerprint density at radius 2 is 2.17 bits per heavy atom. The molecular formula is C5H10Cl2N4S. The van der Waals surface area contributed by atoms with Gasteiger partial charge in [0, 0.05) is 11.9 Å². The molecule has 0 saturated carbocycles. The highest BCUT2D eigenvalue weighted by Gasteiger charge is 2.00. The lowest BCUT2D eigenvalue weighted by atomic mass is 10.5. The van der Waals surface area contributed by atoms with Crippen LogP contribution in [0, 0.1) is 5.41 Å². The third kappa shape index (κ3) is 3.36. The molecule has 0 aromatic carbocycles. The van der Waals surface area contributed by atoms with Gasteiger partial charge in [0.05, 0.1) is 0 Å². The lowest BCUT2D eigenvalue weighted by Gasteiger charge is -1.86. The Morgan fingerprint density at radius 3 is 2.42 bits per heavy atom. The molecule has 12 heavy (non-hydrogen) atoms. The van der Waals surface area contributed by atoms with Crippen LogP contribution in [0.4, 0.5) is 0 Å². The van der Waals surface area contributed by atoms with Gasteiger partial charge in [0.15, 0.2) is 0 Å². The second kappa shape index (κ2) is 6.19. The van der Waals surface area contributed by atoms with Crippen molar-refractivity contribution in [2.45, 2.75) is 6.54 Å². The largest absolute Gasteiger partial charge is 0.382 e. The maximum atomic E-state index is 7.00. The molecule has 0 aliphatic heterocycles. The van der Waals surface area contributed by atoms with Crippen molar-refractivity contribution in [1.82, 2.24) is 4.98 Å². The third-order valence-corrected chi connectivity index (χ3v) is 1.87. The van der Waals surface area contributed by atoms with E-state index in [-0.39, 0.29) is 30.6 Å². The van der Waals surface area contributed by atoms with Crippen LogP contribution in [0.3, 0.4) is 0 Å². The second-order valence-electron chi connectivity index (χ2n) is 1.74. The van der Waals surface area contributed by atoms with Crippen LogP contribution < -0.4 is 11.5 Å². The molecular weight excluding hydrogens is 219 g/mol. The molecule has 0 aliphatic carbocycles. The summed E-state index contributed by atoms with van der Waals surface area (Å²) in [4.78, 5) is 3.97. The summed E-state index contributed by atoms with van der Waals surface area (Å²) in [6.45, 7) is 0.415. The van der Waals surface area contributed by atoms with E-state index in [9.17, 15) is 0 Å². The van der Waals surface area contributed by atoms with E-state index in [2.05, 4.69) is 4.98 Å². The summed E-state index contributed by atoms with van der Waals surface area (Å²) in [5.41, 5.74) is 11.0. The molecule has 4 nitrogen and oxygen atoms in total. The van der Waals surface area contributed by atoms with Gasteiger partial charge in [-0.2, -0.15) is 0 Å². The fraction of sp³-hybridized carbons (Fsp3) is 0.200. The molecule has 70 valence electrons. The van der Waals surface area contributed by atoms with Gasteiger partial charge in [-0.05, 0) is 0 Å². The molecule has 0 unspecified atom stereocenters. The maximum absolute atomic E-state index is 7.00. The first-order chi connectivity index (χ1) is 4.74. The lowest BCUT2D eigenvalue weighted by molar-refractivity contribution is 1.03. The summed E-state index contributed by atoms with van der Waals surface area (Å²) in [5.74, 6) is -0.00375. The molecule has 1 heterocycles. The number of hydrogen-bond acceptors (Lipinski definition) is 4. The summed E-state index contributed by atoms with van der Waals surface area (Å²) < 4.78 is 0. The summed E-state index contributed by atoms with van der Waals surface area (Å²) in [6, 6.07) is 0. The SMILES string of the molecule is Cl.Cl.N=C(N)c1csc(CN)n1. The highest BCUT2D eigenvalue weighted by molar-refractivity contribution is 7.09. The van der Waals surface area contributed by atoms with E-state index in [1.54, 1.807) is 5.38 Å². The van der Waals surface area contributed by atoms with Crippen LogP contribution in [0.25, 0.3) is 0 Å². The smallest absolute Gasteiger partial charge is 0.142 e. The van der Waals surface area contributed by atoms with Crippen molar-refractivity contribution in [3.63, 3.8) is 0 Å². The van der Waals surface area contributed by atoms with Crippen molar-refractivity contribution >= 4 is 42.0 Å². The molecule has 0 atom stereocenters. The van der Waals surface area contributed by atoms with Gasteiger partial charge in [0.1, 0.15) is 16.5 Å². The zero-order valence-corrected chi connectivity index (χ0v) is 8.56. The van der Waals surface area contributed by atoms with E-state index in [1.807, 2.05) is 0 Å². The average molecular weight is 229 g/mol. The van der Waals surface area contributed by atoms with E-state index >= 15 is 0 Å². The molecule has 0 saturated heterocycles. The number of nitrogens with two attached hydrogens (primary N) is 2. The van der Waals surface area contributed by atoms with Crippen molar-refractivity contribution in [2.75, 3.05) is 0 Å². The van der Waals surface area contributed by atoms with Gasteiger partial charge in [0.2, 0.25) is 0 Å². The summed E-state index contributed by atoms with van der Waals surface area (Å²) in [5, 5.41) is 9.54. The van der Waals surface area contributed by atoms with Gasteiger partial charge in [-0.25, -0.2) is 4.98 Å². The number of halogens is 2. The van der Waals surface area contributed by atoms with Crippen LogP contribution >= 0.6 is 36.2 Å². The average Bonchev–Trinajstić information content (AvgIpc) is 2.34. The number of nitrogens with one attached hydrogen (secondary N) is 1. The molecule has 0 spiro atoms. The fourth-order valence-corrected chi connectivity index (χ4v) is 1.20. The van der Waals surface area contributed by atoms with E-state index in [0.717, 1.165) is 5.01 Å². The Hall–Kier alpha value is -0.360. The summed E-state index contributed by atoms with van der Waals surface area (Å²) >= 11 is 1.42. The Labute approximate surface area is 86.7 Å². The zero-order valence-electron chi connectivity index (χ0n) is 6.11. The van der Waals surface area contributed by atoms with Crippen LogP contribution in [0.1, 0.15) is 10.7 Å². The van der Waals surface area contributed by atoms with Crippen molar-refractivity contribution in [2.24, 2.45) is 11.5 Å². The monoisotopic (exact) mass is 228 g/mol. The standard InChI is InChI=1S/C5H8N4S.2ClH/c6-1-4-9-3(2-10-4)5(7)8;;/h2H,1,6H2,(H3,7,8);2*1H. The second-order valence-corrected chi connectivity index (χ2v) is 2.69. The minimum Gasteiger partial charge on any atom is -0.382 e. The van der Waals surface area contributed by atoms with E-state index in [4.69, 9.17) is 16.9 Å². The lowest BCUT2D eigenvalue weighted by Crippen LogP contribution is -2.11. The zero-order chi connectivity index (χ0) is 7.56. The summed E-state index contributed by atoms with van der Waals surface area (Å²) in [7, 11) is 0. The van der Waals surface area contributed by atoms with Crippen LogP contribution in [0.15, 0.2) is 5.38 Å². The Balaban J connectivity index is 0. The normalized spacial score (nSPS) is 8.08. The molecule has 5 N–H and O–H groups in total. The number of hydrogen-bond donors (Lipinski definition) is 3. The van der Waals surface area contributed by atoms with E-state index in [1.165, 1.54) is 11.3 Å². The highest BCUT2D eigenvalue weighted by atomic mass is 35.5. The van der Waals surface area contributed by atoms with Crippen molar-refractivity contribution < 1.29 is 0 Å². The van der Waals surface area contributed by atoms with E-state index < -0.39 is 0 Å². The predicted molar refractivity (Wildman–Crippen MR) is 55.5 cm³/mol. The first-order valence-corrected chi connectivity index (χ1v) is 3.61. The van der Waals surface area contributed by atoms with Crippen LogP contribution in [-0.4, -0.2) is 10.8 Å². The van der Waals surface area contributed by atoms with Gasteiger partial charge in [-0.3, -0.25) is 5.41 Å². The Kier molecular flexibility index (Phi) is 7.31. The Bertz CT molecular complexity index is 249. The number of nitrogens with zero attached hydrogens (tertiary/aromatic N) is 1. The topological polar surface area (TPSA) is 88.8 Å². The van der Waals surface area contributed by atoms with Crippen molar-refractivity contribution in [3.05, 3.63) is 16.1 Å². The predicted octanol–water partition coefficient (Wildman–Crippen LogP) is 0.729. The molecule has 1 aromatic rings. The van der Waals surface area contributed by atoms with Crippen LogP contribution in [0.5, 0.6) is 0 Å². The first-order valence-electron chi connectivity index (χ1n) is 2.73. The minimum atomic E-state index is -0.00375. The highest BCUT2D eigenvalue weighted by Crippen LogP contribution is 2.07. The number of aromatic nitrogens is 1. The van der Waals surface area contributed by atoms with Crippen molar-refractivity contribution in [1.29, 1.82) is 5.41 Å². The van der Waals surface area contributed by atoms with Gasteiger partial charge < -0.3 is 11.5 Å². The molecule has 0 aliphatic rings. The van der Waals surface area contributed by atoms with Crippen LogP contribution in [0.2, 0.25) is 0 Å². The Morgan fingerprint density at radius 1 is 1.58 bits per heavy atom. The number of amidine groups is 1.